The fraction of sp³-hybridized carbons (Fsp3) is 0.385. The average molecular weight is 284 g/mol. The molecule has 1 aromatic heterocycles. The van der Waals surface area contributed by atoms with E-state index < -0.39 is 0 Å². The lowest BCUT2D eigenvalue weighted by Crippen LogP contribution is -2.12. The highest BCUT2D eigenvalue weighted by Gasteiger charge is 2.13. The van der Waals surface area contributed by atoms with Crippen molar-refractivity contribution in [2.24, 2.45) is 0 Å². The molecule has 0 aliphatic heterocycles. The average Bonchev–Trinajstić information content (AvgIpc) is 2.85. The van der Waals surface area contributed by atoms with Crippen LogP contribution >= 0.6 is 23.2 Å². The molecule has 3 nitrogen and oxygen atoms in total. The maximum Gasteiger partial charge on any atom is 0.137 e. The maximum atomic E-state index is 6.21. The number of aromatic nitrogens is 3. The summed E-state index contributed by atoms with van der Waals surface area (Å²) < 4.78 is 1.90. The molecule has 5 heteroatoms. The largest absolute Gasteiger partial charge is 0.250 e. The summed E-state index contributed by atoms with van der Waals surface area (Å²) in [5.74, 6) is 0. The van der Waals surface area contributed by atoms with E-state index in [-0.39, 0.29) is 6.04 Å². The monoisotopic (exact) mass is 283 g/mol. The van der Waals surface area contributed by atoms with Crippen LogP contribution in [0.4, 0.5) is 0 Å². The summed E-state index contributed by atoms with van der Waals surface area (Å²) in [5.41, 5.74) is 1.09. The van der Waals surface area contributed by atoms with Crippen molar-refractivity contribution in [1.82, 2.24) is 14.8 Å². The van der Waals surface area contributed by atoms with E-state index in [2.05, 4.69) is 17.0 Å². The third kappa shape index (κ3) is 3.24. The summed E-state index contributed by atoms with van der Waals surface area (Å²) in [4.78, 5) is 4.00. The van der Waals surface area contributed by atoms with Gasteiger partial charge in [-0.1, -0.05) is 42.6 Å². The summed E-state index contributed by atoms with van der Waals surface area (Å²) >= 11 is 12.1. The molecule has 2 aromatic rings. The molecule has 0 bridgehead atoms. The van der Waals surface area contributed by atoms with Gasteiger partial charge in [-0.25, -0.2) is 9.67 Å². The van der Waals surface area contributed by atoms with Crippen LogP contribution in [-0.4, -0.2) is 14.8 Å². The highest BCUT2D eigenvalue weighted by molar-refractivity contribution is 6.35. The Morgan fingerprint density at radius 3 is 2.78 bits per heavy atom. The molecule has 18 heavy (non-hydrogen) atoms. The van der Waals surface area contributed by atoms with Crippen molar-refractivity contribution in [3.8, 4) is 0 Å². The van der Waals surface area contributed by atoms with Crippen LogP contribution in [-0.2, 0) is 6.42 Å². The Morgan fingerprint density at radius 2 is 2.17 bits per heavy atom. The van der Waals surface area contributed by atoms with Crippen LogP contribution in [0.2, 0.25) is 10.0 Å². The fourth-order valence-corrected chi connectivity index (χ4v) is 2.49. The molecule has 0 saturated carbocycles. The van der Waals surface area contributed by atoms with E-state index in [1.165, 1.54) is 0 Å². The highest BCUT2D eigenvalue weighted by Crippen LogP contribution is 2.26. The minimum absolute atomic E-state index is 0.288. The van der Waals surface area contributed by atoms with Gasteiger partial charge in [0.2, 0.25) is 0 Å². The van der Waals surface area contributed by atoms with Gasteiger partial charge >= 0.3 is 0 Å². The summed E-state index contributed by atoms with van der Waals surface area (Å²) in [6, 6.07) is 5.91. The zero-order valence-corrected chi connectivity index (χ0v) is 11.7. The van der Waals surface area contributed by atoms with Crippen molar-refractivity contribution in [2.75, 3.05) is 0 Å². The molecule has 2 rings (SSSR count). The van der Waals surface area contributed by atoms with E-state index in [9.17, 15) is 0 Å². The predicted octanol–water partition coefficient (Wildman–Crippen LogP) is 4.17. The number of rotatable bonds is 5. The molecule has 0 N–H and O–H groups in total. The third-order valence-corrected chi connectivity index (χ3v) is 3.49. The second kappa shape index (κ2) is 6.21. The molecule has 0 spiro atoms. The second-order valence-corrected chi connectivity index (χ2v) is 5.10. The first kappa shape index (κ1) is 13.4. The molecule has 1 aromatic carbocycles. The molecule has 0 aliphatic rings. The van der Waals surface area contributed by atoms with Gasteiger partial charge in [0.15, 0.2) is 0 Å². The first-order chi connectivity index (χ1) is 8.70. The van der Waals surface area contributed by atoms with Gasteiger partial charge in [0, 0.05) is 10.0 Å². The van der Waals surface area contributed by atoms with Gasteiger partial charge in [0.25, 0.3) is 0 Å². The van der Waals surface area contributed by atoms with Crippen molar-refractivity contribution < 1.29 is 0 Å². The molecule has 1 atom stereocenters. The van der Waals surface area contributed by atoms with Gasteiger partial charge in [0.1, 0.15) is 12.7 Å². The fourth-order valence-electron chi connectivity index (χ4n) is 2.01. The minimum Gasteiger partial charge on any atom is -0.250 e. The Morgan fingerprint density at radius 1 is 1.33 bits per heavy atom. The third-order valence-electron chi connectivity index (χ3n) is 2.90. The predicted molar refractivity (Wildman–Crippen MR) is 74.1 cm³/mol. The lowest BCUT2D eigenvalue weighted by Gasteiger charge is -2.17. The van der Waals surface area contributed by atoms with Crippen LogP contribution < -0.4 is 0 Å². The number of hydrogen-bond acceptors (Lipinski definition) is 2. The summed E-state index contributed by atoms with van der Waals surface area (Å²) in [6.07, 6.45) is 6.29. The smallest absolute Gasteiger partial charge is 0.137 e. The number of halogens is 2. The van der Waals surface area contributed by atoms with Crippen molar-refractivity contribution in [1.29, 1.82) is 0 Å². The highest BCUT2D eigenvalue weighted by atomic mass is 35.5. The zero-order valence-electron chi connectivity index (χ0n) is 10.2. The van der Waals surface area contributed by atoms with Crippen LogP contribution in [0.25, 0.3) is 0 Å². The van der Waals surface area contributed by atoms with Crippen LogP contribution in [0, 0.1) is 0 Å². The lowest BCUT2D eigenvalue weighted by atomic mass is 10.0. The Bertz CT molecular complexity index is 497. The van der Waals surface area contributed by atoms with E-state index in [4.69, 9.17) is 23.2 Å². The molecular weight excluding hydrogens is 269 g/mol. The van der Waals surface area contributed by atoms with Gasteiger partial charge < -0.3 is 0 Å². The van der Waals surface area contributed by atoms with Crippen LogP contribution in [0.3, 0.4) is 0 Å². The van der Waals surface area contributed by atoms with Gasteiger partial charge in [-0.3, -0.25) is 0 Å². The van der Waals surface area contributed by atoms with Gasteiger partial charge in [-0.05, 0) is 30.5 Å². The van der Waals surface area contributed by atoms with Gasteiger partial charge in [-0.15, -0.1) is 0 Å². The molecule has 1 heterocycles. The molecule has 96 valence electrons. The Hall–Kier alpha value is -1.06. The number of nitrogens with zero attached hydrogens (tertiary/aromatic N) is 3. The minimum atomic E-state index is 0.288. The summed E-state index contributed by atoms with van der Waals surface area (Å²) in [7, 11) is 0. The van der Waals surface area contributed by atoms with Crippen molar-refractivity contribution >= 4 is 23.2 Å². The lowest BCUT2D eigenvalue weighted by molar-refractivity contribution is 0.417. The first-order valence-electron chi connectivity index (χ1n) is 5.98. The summed E-state index contributed by atoms with van der Waals surface area (Å²) in [6.45, 7) is 2.16. The Kier molecular flexibility index (Phi) is 4.61. The first-order valence-corrected chi connectivity index (χ1v) is 6.74. The second-order valence-electron chi connectivity index (χ2n) is 4.26. The van der Waals surface area contributed by atoms with Crippen LogP contribution in [0.15, 0.2) is 30.9 Å². The van der Waals surface area contributed by atoms with E-state index in [1.54, 1.807) is 18.7 Å². The van der Waals surface area contributed by atoms with Crippen molar-refractivity contribution in [3.05, 3.63) is 46.5 Å². The number of hydrogen-bond donors (Lipinski definition) is 0. The van der Waals surface area contributed by atoms with Crippen LogP contribution in [0.5, 0.6) is 0 Å². The summed E-state index contributed by atoms with van der Waals surface area (Å²) in [5, 5.41) is 5.59. The number of benzene rings is 1. The van der Waals surface area contributed by atoms with E-state index in [0.717, 1.165) is 24.8 Å². The quantitative estimate of drug-likeness (QED) is 0.825. The normalized spacial score (nSPS) is 12.6. The maximum absolute atomic E-state index is 6.21. The Labute approximate surface area is 117 Å². The van der Waals surface area contributed by atoms with Crippen LogP contribution in [0.1, 0.15) is 31.4 Å². The topological polar surface area (TPSA) is 30.7 Å². The molecule has 0 amide bonds. The zero-order chi connectivity index (χ0) is 13.0. The van der Waals surface area contributed by atoms with Gasteiger partial charge in [0.05, 0.1) is 6.04 Å². The standard InChI is InChI=1S/C13H15Cl2N3/c1-2-3-12(18-9-16-8-17-18)6-10-4-5-11(14)7-13(10)15/h4-5,7-9,12H,2-3,6H2,1H3. The molecule has 0 saturated heterocycles. The van der Waals surface area contributed by atoms with Crippen molar-refractivity contribution in [2.45, 2.75) is 32.2 Å². The molecule has 0 radical (unpaired) electrons. The molecular formula is C13H15Cl2N3. The van der Waals surface area contributed by atoms with E-state index >= 15 is 0 Å². The SMILES string of the molecule is CCCC(Cc1ccc(Cl)cc1Cl)n1cncn1. The molecule has 1 unspecified atom stereocenters. The van der Waals surface area contributed by atoms with E-state index in [0.29, 0.717) is 10.0 Å². The molecule has 0 aliphatic carbocycles. The van der Waals surface area contributed by atoms with E-state index in [1.807, 2.05) is 16.8 Å². The van der Waals surface area contributed by atoms with Crippen molar-refractivity contribution in [3.63, 3.8) is 0 Å². The van der Waals surface area contributed by atoms with Gasteiger partial charge in [-0.2, -0.15) is 5.10 Å². The Balaban J connectivity index is 2.18. The molecule has 0 fully saturated rings.